The summed E-state index contributed by atoms with van der Waals surface area (Å²) < 4.78 is 35.9. The predicted octanol–water partition coefficient (Wildman–Crippen LogP) is 3.03. The van der Waals surface area contributed by atoms with E-state index in [-0.39, 0.29) is 12.1 Å². The lowest BCUT2D eigenvalue weighted by Crippen LogP contribution is -2.31. The molecule has 0 bridgehead atoms. The number of nitrogens with zero attached hydrogens (tertiary/aromatic N) is 2. The molecule has 0 saturated carbocycles. The first-order chi connectivity index (χ1) is 10.8. The van der Waals surface area contributed by atoms with Crippen LogP contribution >= 0.6 is 0 Å². The molecule has 1 atom stereocenters. The van der Waals surface area contributed by atoms with E-state index < -0.39 is 10.0 Å². The Labute approximate surface area is 136 Å². The van der Waals surface area contributed by atoms with Crippen LogP contribution in [0.5, 0.6) is 0 Å². The van der Waals surface area contributed by atoms with Gasteiger partial charge in [0.1, 0.15) is 10.7 Å². The summed E-state index contributed by atoms with van der Waals surface area (Å²) in [4.78, 5) is 0.293. The third-order valence-corrected chi connectivity index (χ3v) is 6.09. The molecule has 7 heteroatoms. The van der Waals surface area contributed by atoms with Crippen molar-refractivity contribution in [3.05, 3.63) is 35.0 Å². The Morgan fingerprint density at radius 2 is 2.13 bits per heavy atom. The zero-order valence-corrected chi connectivity index (χ0v) is 14.8. The minimum absolute atomic E-state index is 0.118. The first kappa shape index (κ1) is 16.3. The summed E-state index contributed by atoms with van der Waals surface area (Å²) >= 11 is 0. The van der Waals surface area contributed by atoms with E-state index in [2.05, 4.69) is 9.82 Å². The molecule has 1 aliphatic rings. The molecule has 126 valence electrons. The van der Waals surface area contributed by atoms with Crippen molar-refractivity contribution in [2.24, 2.45) is 0 Å². The molecular weight excluding hydrogens is 314 g/mol. The van der Waals surface area contributed by atoms with Crippen LogP contribution in [0.2, 0.25) is 0 Å². The van der Waals surface area contributed by atoms with Crippen molar-refractivity contribution in [1.29, 1.82) is 0 Å². The van der Waals surface area contributed by atoms with E-state index >= 15 is 0 Å². The van der Waals surface area contributed by atoms with E-state index in [1.807, 2.05) is 19.9 Å². The molecule has 2 aromatic heterocycles. The molecule has 1 unspecified atom stereocenters. The number of aromatic nitrogens is 2. The molecule has 0 fully saturated rings. The van der Waals surface area contributed by atoms with Gasteiger partial charge < -0.3 is 4.42 Å². The maximum Gasteiger partial charge on any atom is 0.244 e. The fourth-order valence-electron chi connectivity index (χ4n) is 3.39. The highest BCUT2D eigenvalue weighted by atomic mass is 32.2. The number of hydrogen-bond donors (Lipinski definition) is 1. The third-order valence-electron chi connectivity index (χ3n) is 4.37. The highest BCUT2D eigenvalue weighted by Gasteiger charge is 2.31. The Balaban J connectivity index is 1.95. The van der Waals surface area contributed by atoms with Crippen LogP contribution in [0.15, 0.2) is 21.6 Å². The maximum absolute atomic E-state index is 12.9. The molecular formula is C16H23N3O3S. The van der Waals surface area contributed by atoms with Crippen molar-refractivity contribution >= 4 is 10.0 Å². The topological polar surface area (TPSA) is 77.1 Å². The molecule has 2 heterocycles. The summed E-state index contributed by atoms with van der Waals surface area (Å²) in [5.41, 5.74) is 2.16. The summed E-state index contributed by atoms with van der Waals surface area (Å²) in [6.45, 7) is 7.52. The monoisotopic (exact) mass is 337 g/mol. The first-order valence-corrected chi connectivity index (χ1v) is 9.44. The molecule has 0 radical (unpaired) electrons. The zero-order valence-electron chi connectivity index (χ0n) is 14.0. The van der Waals surface area contributed by atoms with Gasteiger partial charge in [-0.05, 0) is 46.6 Å². The van der Waals surface area contributed by atoms with Crippen LogP contribution in [0.25, 0.3) is 0 Å². The van der Waals surface area contributed by atoms with Gasteiger partial charge in [0.25, 0.3) is 0 Å². The molecule has 0 aliphatic heterocycles. The Bertz CT molecular complexity index is 818. The van der Waals surface area contributed by atoms with Crippen LogP contribution in [0.1, 0.15) is 61.5 Å². The average Bonchev–Trinajstić information content (AvgIpc) is 3.03. The summed E-state index contributed by atoms with van der Waals surface area (Å²) in [5, 5.41) is 4.38. The predicted molar refractivity (Wildman–Crippen MR) is 86.8 cm³/mol. The van der Waals surface area contributed by atoms with E-state index in [1.54, 1.807) is 24.8 Å². The molecule has 1 N–H and O–H groups in total. The number of aryl methyl sites for hydroxylation is 2. The van der Waals surface area contributed by atoms with Crippen LogP contribution in [-0.4, -0.2) is 18.2 Å². The number of furan rings is 1. The zero-order chi connectivity index (χ0) is 16.8. The second kappa shape index (κ2) is 5.79. The average molecular weight is 337 g/mol. The molecule has 0 amide bonds. The van der Waals surface area contributed by atoms with Gasteiger partial charge in [0.05, 0.1) is 23.7 Å². The Kier molecular flexibility index (Phi) is 4.10. The second-order valence-corrected chi connectivity index (χ2v) is 8.05. The number of hydrogen-bond acceptors (Lipinski definition) is 4. The van der Waals surface area contributed by atoms with Gasteiger partial charge in [0.15, 0.2) is 0 Å². The number of rotatable bonds is 4. The molecule has 0 aromatic carbocycles. The fourth-order valence-corrected chi connectivity index (χ4v) is 5.04. The normalized spacial score (nSPS) is 18.4. The lowest BCUT2D eigenvalue weighted by atomic mass is 9.94. The minimum Gasteiger partial charge on any atom is -0.469 e. The van der Waals surface area contributed by atoms with Crippen molar-refractivity contribution in [3.63, 3.8) is 0 Å². The van der Waals surface area contributed by atoms with Crippen molar-refractivity contribution in [3.8, 4) is 0 Å². The van der Waals surface area contributed by atoms with Crippen LogP contribution in [0.3, 0.4) is 0 Å². The highest BCUT2D eigenvalue weighted by Crippen LogP contribution is 2.32. The Morgan fingerprint density at radius 3 is 2.78 bits per heavy atom. The molecule has 3 rings (SSSR count). The van der Waals surface area contributed by atoms with E-state index in [9.17, 15) is 8.42 Å². The van der Waals surface area contributed by atoms with Gasteiger partial charge in [0.2, 0.25) is 10.0 Å². The third kappa shape index (κ3) is 2.83. The standard InChI is InChI=1S/C16H23N3O3S/c1-10(2)19-12(4)16(11(3)17-19)23(20,21)18-14-6-5-7-15-13(14)8-9-22-15/h8-10,14,18H,5-7H2,1-4H3. The van der Waals surface area contributed by atoms with Crippen LogP contribution in [-0.2, 0) is 16.4 Å². The minimum atomic E-state index is -3.63. The smallest absolute Gasteiger partial charge is 0.244 e. The second-order valence-electron chi connectivity index (χ2n) is 6.40. The maximum atomic E-state index is 12.9. The van der Waals surface area contributed by atoms with Crippen molar-refractivity contribution in [2.45, 2.75) is 63.9 Å². The van der Waals surface area contributed by atoms with Gasteiger partial charge in [-0.25, -0.2) is 13.1 Å². The van der Waals surface area contributed by atoms with E-state index in [1.165, 1.54) is 0 Å². The van der Waals surface area contributed by atoms with Gasteiger partial charge in [-0.15, -0.1) is 0 Å². The summed E-state index contributed by atoms with van der Waals surface area (Å²) in [7, 11) is -3.63. The number of nitrogens with one attached hydrogen (secondary N) is 1. The first-order valence-electron chi connectivity index (χ1n) is 7.95. The van der Waals surface area contributed by atoms with Gasteiger partial charge >= 0.3 is 0 Å². The molecule has 23 heavy (non-hydrogen) atoms. The van der Waals surface area contributed by atoms with Gasteiger partial charge in [-0.3, -0.25) is 4.68 Å². The lowest BCUT2D eigenvalue weighted by Gasteiger charge is -2.22. The van der Waals surface area contributed by atoms with E-state index in [4.69, 9.17) is 4.42 Å². The SMILES string of the molecule is Cc1nn(C(C)C)c(C)c1S(=O)(=O)NC1CCCc2occc21. The summed E-state index contributed by atoms with van der Waals surface area (Å²) in [6.07, 6.45) is 4.19. The number of sulfonamides is 1. The van der Waals surface area contributed by atoms with Gasteiger partial charge in [-0.1, -0.05) is 0 Å². The summed E-state index contributed by atoms with van der Waals surface area (Å²) in [5.74, 6) is 0.885. The number of fused-ring (bicyclic) bond motifs is 1. The van der Waals surface area contributed by atoms with Crippen molar-refractivity contribution in [2.75, 3.05) is 0 Å². The molecule has 6 nitrogen and oxygen atoms in total. The fraction of sp³-hybridized carbons (Fsp3) is 0.562. The van der Waals surface area contributed by atoms with Crippen molar-refractivity contribution < 1.29 is 12.8 Å². The Hall–Kier alpha value is -1.60. The lowest BCUT2D eigenvalue weighted by molar-refractivity contribution is 0.438. The Morgan fingerprint density at radius 1 is 1.39 bits per heavy atom. The molecule has 0 saturated heterocycles. The van der Waals surface area contributed by atoms with Crippen molar-refractivity contribution in [1.82, 2.24) is 14.5 Å². The van der Waals surface area contributed by atoms with Crippen LogP contribution < -0.4 is 4.72 Å². The summed E-state index contributed by atoms with van der Waals surface area (Å²) in [6, 6.07) is 1.75. The van der Waals surface area contributed by atoms with E-state index in [0.717, 1.165) is 30.6 Å². The molecule has 2 aromatic rings. The highest BCUT2D eigenvalue weighted by molar-refractivity contribution is 7.89. The van der Waals surface area contributed by atoms with Gasteiger partial charge in [0, 0.05) is 18.0 Å². The quantitative estimate of drug-likeness (QED) is 0.930. The van der Waals surface area contributed by atoms with Gasteiger partial charge in [-0.2, -0.15) is 5.10 Å². The van der Waals surface area contributed by atoms with Crippen LogP contribution in [0, 0.1) is 13.8 Å². The molecule has 1 aliphatic carbocycles. The largest absolute Gasteiger partial charge is 0.469 e. The van der Waals surface area contributed by atoms with E-state index in [0.29, 0.717) is 16.3 Å². The molecule has 0 spiro atoms. The van der Waals surface area contributed by atoms with Crippen LogP contribution in [0.4, 0.5) is 0 Å².